The molecule has 4 nitrogen and oxygen atoms in total. The van der Waals surface area contributed by atoms with Crippen molar-refractivity contribution < 1.29 is 4.79 Å². The Hall–Kier alpha value is -0.610. The van der Waals surface area contributed by atoms with E-state index >= 15 is 0 Å². The van der Waals surface area contributed by atoms with Crippen molar-refractivity contribution in [2.75, 3.05) is 20.1 Å². The second-order valence-corrected chi connectivity index (χ2v) is 6.85. The van der Waals surface area contributed by atoms with Crippen LogP contribution in [0.15, 0.2) is 0 Å². The van der Waals surface area contributed by atoms with Gasteiger partial charge in [0.15, 0.2) is 0 Å². The lowest BCUT2D eigenvalue weighted by molar-refractivity contribution is -0.123. The van der Waals surface area contributed by atoms with E-state index in [0.29, 0.717) is 24.4 Å². The summed E-state index contributed by atoms with van der Waals surface area (Å²) in [7, 11) is 2.05. The van der Waals surface area contributed by atoms with Gasteiger partial charge in [-0.3, -0.25) is 9.69 Å². The largest absolute Gasteiger partial charge is 0.353 e. The second-order valence-electron chi connectivity index (χ2n) is 6.85. The summed E-state index contributed by atoms with van der Waals surface area (Å²) in [5.74, 6) is 1.40. The van der Waals surface area contributed by atoms with E-state index in [9.17, 15) is 4.79 Å². The van der Waals surface area contributed by atoms with Crippen molar-refractivity contribution >= 4 is 5.91 Å². The Labute approximate surface area is 124 Å². The quantitative estimate of drug-likeness (QED) is 0.716. The van der Waals surface area contributed by atoms with Gasteiger partial charge >= 0.3 is 0 Å². The molecule has 3 N–H and O–H groups in total. The van der Waals surface area contributed by atoms with Gasteiger partial charge in [-0.1, -0.05) is 20.3 Å². The zero-order valence-corrected chi connectivity index (χ0v) is 13.7. The van der Waals surface area contributed by atoms with E-state index in [-0.39, 0.29) is 11.9 Å². The third-order valence-electron chi connectivity index (χ3n) is 4.47. The molecule has 4 heteroatoms. The van der Waals surface area contributed by atoms with Crippen LogP contribution in [0.25, 0.3) is 0 Å². The molecule has 0 aromatic rings. The summed E-state index contributed by atoms with van der Waals surface area (Å²) >= 11 is 0. The number of carbonyl (C=O) groups is 1. The van der Waals surface area contributed by atoms with Crippen LogP contribution in [-0.2, 0) is 4.79 Å². The Morgan fingerprint density at radius 2 is 2.00 bits per heavy atom. The first-order valence-corrected chi connectivity index (χ1v) is 8.13. The van der Waals surface area contributed by atoms with Crippen molar-refractivity contribution in [1.29, 1.82) is 0 Å². The number of nitrogens with two attached hydrogens (primary N) is 1. The van der Waals surface area contributed by atoms with Crippen molar-refractivity contribution in [3.8, 4) is 0 Å². The summed E-state index contributed by atoms with van der Waals surface area (Å²) in [4.78, 5) is 14.3. The van der Waals surface area contributed by atoms with E-state index in [0.717, 1.165) is 19.4 Å². The lowest BCUT2D eigenvalue weighted by Crippen LogP contribution is -2.45. The smallest absolute Gasteiger partial charge is 0.234 e. The fourth-order valence-corrected chi connectivity index (χ4v) is 3.19. The summed E-state index contributed by atoms with van der Waals surface area (Å²) in [5, 5.41) is 3.11. The fraction of sp³-hybridized carbons (Fsp3) is 0.938. The van der Waals surface area contributed by atoms with Gasteiger partial charge in [0.2, 0.25) is 5.91 Å². The van der Waals surface area contributed by atoms with Crippen LogP contribution in [0.1, 0.15) is 52.9 Å². The van der Waals surface area contributed by atoms with E-state index < -0.39 is 0 Å². The molecular formula is C16H33N3O. The molecule has 0 aromatic heterocycles. The normalized spacial score (nSPS) is 24.4. The van der Waals surface area contributed by atoms with Crippen molar-refractivity contribution in [3.05, 3.63) is 0 Å². The number of rotatable bonds is 8. The van der Waals surface area contributed by atoms with E-state index in [1.54, 1.807) is 0 Å². The molecule has 1 saturated carbocycles. The number of nitrogens with one attached hydrogen (secondary N) is 1. The molecule has 20 heavy (non-hydrogen) atoms. The molecule has 0 aromatic carbocycles. The molecule has 0 heterocycles. The number of nitrogens with zero attached hydrogens (tertiary/aromatic N) is 1. The fourth-order valence-electron chi connectivity index (χ4n) is 3.19. The maximum absolute atomic E-state index is 12.1. The number of hydrogen-bond acceptors (Lipinski definition) is 3. The minimum absolute atomic E-state index is 0.145. The predicted octanol–water partition coefficient (Wildman–Crippen LogP) is 1.99. The summed E-state index contributed by atoms with van der Waals surface area (Å²) < 4.78 is 0. The number of carbonyl (C=O) groups excluding carboxylic acids is 1. The molecule has 1 amide bonds. The van der Waals surface area contributed by atoms with Crippen LogP contribution in [0.4, 0.5) is 0 Å². The molecule has 3 unspecified atom stereocenters. The summed E-state index contributed by atoms with van der Waals surface area (Å²) in [6, 6.07) is 0.754. The zero-order chi connectivity index (χ0) is 15.1. The van der Waals surface area contributed by atoms with E-state index in [1.807, 2.05) is 0 Å². The van der Waals surface area contributed by atoms with Crippen molar-refractivity contribution in [2.24, 2.45) is 17.6 Å². The Kier molecular flexibility index (Phi) is 7.52. The van der Waals surface area contributed by atoms with E-state index in [4.69, 9.17) is 5.73 Å². The van der Waals surface area contributed by atoms with Crippen molar-refractivity contribution in [1.82, 2.24) is 10.2 Å². The maximum Gasteiger partial charge on any atom is 0.234 e. The molecule has 0 aliphatic heterocycles. The van der Waals surface area contributed by atoms with Gasteiger partial charge in [0, 0.05) is 12.1 Å². The Balaban J connectivity index is 2.30. The van der Waals surface area contributed by atoms with Crippen LogP contribution in [0, 0.1) is 11.8 Å². The van der Waals surface area contributed by atoms with Crippen LogP contribution in [0.2, 0.25) is 0 Å². The Bertz CT molecular complexity index is 293. The lowest BCUT2D eigenvalue weighted by Gasteiger charge is -2.29. The summed E-state index contributed by atoms with van der Waals surface area (Å²) in [6.07, 6.45) is 5.84. The minimum Gasteiger partial charge on any atom is -0.353 e. The summed E-state index contributed by atoms with van der Waals surface area (Å²) in [6.45, 7) is 7.76. The van der Waals surface area contributed by atoms with Crippen molar-refractivity contribution in [3.63, 3.8) is 0 Å². The minimum atomic E-state index is 0.145. The topological polar surface area (TPSA) is 58.4 Å². The van der Waals surface area contributed by atoms with Gasteiger partial charge in [-0.25, -0.2) is 0 Å². The van der Waals surface area contributed by atoms with Gasteiger partial charge < -0.3 is 11.1 Å². The van der Waals surface area contributed by atoms with Gasteiger partial charge in [0.05, 0.1) is 6.54 Å². The molecule has 1 rings (SSSR count). The number of hydrogen-bond donors (Lipinski definition) is 2. The molecule has 1 aliphatic rings. The molecule has 0 bridgehead atoms. The van der Waals surface area contributed by atoms with E-state index in [2.05, 4.69) is 38.0 Å². The monoisotopic (exact) mass is 283 g/mol. The highest BCUT2D eigenvalue weighted by molar-refractivity contribution is 5.78. The van der Waals surface area contributed by atoms with Crippen LogP contribution >= 0.6 is 0 Å². The zero-order valence-electron chi connectivity index (χ0n) is 13.7. The molecule has 0 spiro atoms. The first-order valence-electron chi connectivity index (χ1n) is 8.13. The van der Waals surface area contributed by atoms with Crippen molar-refractivity contribution in [2.45, 2.75) is 65.0 Å². The molecule has 3 atom stereocenters. The van der Waals surface area contributed by atoms with Gasteiger partial charge in [-0.05, 0) is 58.0 Å². The average Bonchev–Trinajstić information content (AvgIpc) is 2.84. The van der Waals surface area contributed by atoms with Gasteiger partial charge in [-0.15, -0.1) is 0 Å². The first kappa shape index (κ1) is 17.4. The highest BCUT2D eigenvalue weighted by Gasteiger charge is 2.30. The molecule has 118 valence electrons. The van der Waals surface area contributed by atoms with Gasteiger partial charge in [0.25, 0.3) is 0 Å². The highest BCUT2D eigenvalue weighted by Crippen LogP contribution is 2.28. The van der Waals surface area contributed by atoms with E-state index in [1.165, 1.54) is 19.3 Å². The standard InChI is InChI=1S/C16H33N3O/c1-12(2)8-9-13(3)18-16(20)11-19(4)15-7-5-6-14(15)10-17/h12-15H,5-11,17H2,1-4H3,(H,18,20). The van der Waals surface area contributed by atoms with Crippen LogP contribution in [-0.4, -0.2) is 43.0 Å². The molecule has 0 saturated heterocycles. The third kappa shape index (κ3) is 5.80. The maximum atomic E-state index is 12.1. The van der Waals surface area contributed by atoms with Crippen LogP contribution in [0.3, 0.4) is 0 Å². The molecule has 1 fully saturated rings. The SMILES string of the molecule is CC(C)CCC(C)NC(=O)CN(C)C1CCCC1CN. The summed E-state index contributed by atoms with van der Waals surface area (Å²) in [5.41, 5.74) is 5.81. The van der Waals surface area contributed by atoms with Crippen LogP contribution in [0.5, 0.6) is 0 Å². The first-order chi connectivity index (χ1) is 9.43. The molecule has 0 radical (unpaired) electrons. The number of amides is 1. The Morgan fingerprint density at radius 1 is 1.30 bits per heavy atom. The molecular weight excluding hydrogens is 250 g/mol. The lowest BCUT2D eigenvalue weighted by atomic mass is 10.0. The van der Waals surface area contributed by atoms with Crippen LogP contribution < -0.4 is 11.1 Å². The number of likely N-dealkylation sites (N-methyl/N-ethyl adjacent to an activating group) is 1. The second kappa shape index (κ2) is 8.63. The Morgan fingerprint density at radius 3 is 2.60 bits per heavy atom. The average molecular weight is 283 g/mol. The van der Waals surface area contributed by atoms with Gasteiger partial charge in [0.1, 0.15) is 0 Å². The predicted molar refractivity (Wildman–Crippen MR) is 84.5 cm³/mol. The van der Waals surface area contributed by atoms with Gasteiger partial charge in [-0.2, -0.15) is 0 Å². The highest BCUT2D eigenvalue weighted by atomic mass is 16.2. The third-order valence-corrected chi connectivity index (χ3v) is 4.47. The molecule has 1 aliphatic carbocycles.